The maximum atomic E-state index is 14.0. The normalized spacial score (nSPS) is 14.6. The van der Waals surface area contributed by atoms with Gasteiger partial charge in [0, 0.05) is 24.7 Å². The number of sulfone groups is 1. The van der Waals surface area contributed by atoms with Crippen LogP contribution in [-0.2, 0) is 22.8 Å². The number of anilines is 1. The maximum absolute atomic E-state index is 14.0. The van der Waals surface area contributed by atoms with Crippen molar-refractivity contribution in [2.24, 2.45) is 0 Å². The molecule has 2 aliphatic rings. The van der Waals surface area contributed by atoms with Crippen LogP contribution in [0.4, 0.5) is 5.88 Å². The Balaban J connectivity index is 1.47. The smallest absolute Gasteiger partial charge is 0.236 e. The summed E-state index contributed by atoms with van der Waals surface area (Å²) in [7, 11) is -1.00. The fraction of sp³-hybridized carbons (Fsp3) is 0.250. The molecule has 3 aromatic carbocycles. The summed E-state index contributed by atoms with van der Waals surface area (Å²) < 4.78 is 56.2. The van der Waals surface area contributed by atoms with Crippen molar-refractivity contribution in [1.29, 1.82) is 0 Å². The van der Waals surface area contributed by atoms with E-state index in [0.717, 1.165) is 12.0 Å². The van der Waals surface area contributed by atoms with Crippen molar-refractivity contribution in [3.63, 3.8) is 0 Å². The Labute approximate surface area is 220 Å². The zero-order valence-electron chi connectivity index (χ0n) is 21.0. The number of benzene rings is 3. The molecule has 0 radical (unpaired) electrons. The average Bonchev–Trinajstić information content (AvgIpc) is 3.43. The zero-order valence-corrected chi connectivity index (χ0v) is 21.8. The summed E-state index contributed by atoms with van der Waals surface area (Å²) >= 11 is 0. The third kappa shape index (κ3) is 4.20. The van der Waals surface area contributed by atoms with Gasteiger partial charge in [0.2, 0.25) is 26.6 Å². The van der Waals surface area contributed by atoms with E-state index in [0.29, 0.717) is 54.9 Å². The number of nitrogens with zero attached hydrogens (tertiary/aromatic N) is 2. The van der Waals surface area contributed by atoms with Gasteiger partial charge in [0.1, 0.15) is 13.2 Å². The molecule has 6 rings (SSSR count). The van der Waals surface area contributed by atoms with E-state index in [4.69, 9.17) is 23.4 Å². The van der Waals surface area contributed by atoms with Gasteiger partial charge in [0.15, 0.2) is 23.0 Å². The number of hydrogen-bond acceptors (Lipinski definition) is 9. The van der Waals surface area contributed by atoms with Crippen LogP contribution < -0.4 is 23.8 Å². The van der Waals surface area contributed by atoms with E-state index < -0.39 is 9.84 Å². The van der Waals surface area contributed by atoms with Gasteiger partial charge in [-0.3, -0.25) is 0 Å². The fourth-order valence-electron chi connectivity index (χ4n) is 4.74. The van der Waals surface area contributed by atoms with Gasteiger partial charge >= 0.3 is 0 Å². The largest absolute Gasteiger partial charge is 0.493 e. The van der Waals surface area contributed by atoms with E-state index in [1.165, 1.54) is 24.8 Å². The molecule has 0 saturated carbocycles. The van der Waals surface area contributed by atoms with Gasteiger partial charge in [-0.25, -0.2) is 8.42 Å². The molecule has 0 spiro atoms. The van der Waals surface area contributed by atoms with Crippen molar-refractivity contribution in [3.8, 4) is 34.5 Å². The van der Waals surface area contributed by atoms with E-state index in [1.54, 1.807) is 31.4 Å². The summed E-state index contributed by atoms with van der Waals surface area (Å²) in [5.41, 5.74) is 2.91. The van der Waals surface area contributed by atoms with Crippen molar-refractivity contribution in [2.75, 3.05) is 38.9 Å². The Morgan fingerprint density at radius 1 is 0.868 bits per heavy atom. The highest BCUT2D eigenvalue weighted by Gasteiger charge is 2.34. The second kappa shape index (κ2) is 9.60. The van der Waals surface area contributed by atoms with Crippen LogP contribution in [0.5, 0.6) is 23.0 Å². The molecule has 1 aromatic heterocycles. The van der Waals surface area contributed by atoms with E-state index >= 15 is 0 Å². The van der Waals surface area contributed by atoms with Gasteiger partial charge in [-0.05, 0) is 47.9 Å². The van der Waals surface area contributed by atoms with Crippen LogP contribution in [0.25, 0.3) is 11.5 Å². The van der Waals surface area contributed by atoms with Gasteiger partial charge in [0.25, 0.3) is 0 Å². The SMILES string of the molecule is COc1ccc(-c2nc(S(=O)(=O)c3ccc4c(c3)OCCO4)c(N3CCc4ccccc4C3)o2)cc1OC. The highest BCUT2D eigenvalue weighted by molar-refractivity contribution is 7.91. The third-order valence-corrected chi connectivity index (χ3v) is 8.36. The molecule has 0 N–H and O–H groups in total. The first kappa shape index (κ1) is 24.2. The number of oxazole rings is 1. The summed E-state index contributed by atoms with van der Waals surface area (Å²) in [6.07, 6.45) is 0.756. The number of rotatable bonds is 6. The summed E-state index contributed by atoms with van der Waals surface area (Å²) in [4.78, 5) is 6.51. The summed E-state index contributed by atoms with van der Waals surface area (Å²) in [5, 5.41) is -0.154. The van der Waals surface area contributed by atoms with Gasteiger partial charge in [-0.15, -0.1) is 0 Å². The predicted molar refractivity (Wildman–Crippen MR) is 139 cm³/mol. The van der Waals surface area contributed by atoms with Crippen LogP contribution in [-0.4, -0.2) is 47.4 Å². The van der Waals surface area contributed by atoms with Crippen molar-refractivity contribution in [2.45, 2.75) is 22.9 Å². The Morgan fingerprint density at radius 3 is 2.42 bits per heavy atom. The molecule has 0 atom stereocenters. The van der Waals surface area contributed by atoms with Gasteiger partial charge in [-0.2, -0.15) is 4.98 Å². The van der Waals surface area contributed by atoms with E-state index in [9.17, 15) is 8.42 Å². The molecule has 9 nitrogen and oxygen atoms in total. The average molecular weight is 535 g/mol. The first-order valence-electron chi connectivity index (χ1n) is 12.2. The fourth-order valence-corrected chi connectivity index (χ4v) is 6.07. The van der Waals surface area contributed by atoms with Gasteiger partial charge in [-0.1, -0.05) is 24.3 Å². The highest BCUT2D eigenvalue weighted by Crippen LogP contribution is 2.40. The number of fused-ring (bicyclic) bond motifs is 2. The van der Waals surface area contributed by atoms with Crippen molar-refractivity contribution >= 4 is 15.7 Å². The Hall–Kier alpha value is -4.18. The molecule has 0 saturated heterocycles. The number of hydrogen-bond donors (Lipinski definition) is 0. The van der Waals surface area contributed by atoms with E-state index in [-0.39, 0.29) is 21.7 Å². The quantitative estimate of drug-likeness (QED) is 0.353. The molecule has 38 heavy (non-hydrogen) atoms. The molecule has 2 aliphatic heterocycles. The predicted octanol–water partition coefficient (Wildman–Crippen LogP) is 4.53. The minimum atomic E-state index is -4.08. The number of aromatic nitrogens is 1. The van der Waals surface area contributed by atoms with E-state index in [1.807, 2.05) is 23.1 Å². The Bertz CT molecular complexity index is 1610. The lowest BCUT2D eigenvalue weighted by atomic mass is 10.0. The molecule has 0 unspecified atom stereocenters. The standard InChI is InChI=1S/C28H26N2O7S/c1-33-22-9-7-19(15-24(22)34-2)26-29-27(28(37-26)30-12-11-18-5-3-4-6-20(18)17-30)38(31,32)21-8-10-23-25(16-21)36-14-13-35-23/h3-10,15-16H,11-14,17H2,1-2H3. The molecular weight excluding hydrogens is 508 g/mol. The monoisotopic (exact) mass is 534 g/mol. The van der Waals surface area contributed by atoms with Crippen LogP contribution in [0.15, 0.2) is 75.0 Å². The summed E-state index contributed by atoms with van der Waals surface area (Å²) in [5.74, 6) is 2.27. The molecule has 4 aromatic rings. The highest BCUT2D eigenvalue weighted by atomic mass is 32.2. The third-order valence-electron chi connectivity index (χ3n) is 6.71. The van der Waals surface area contributed by atoms with E-state index in [2.05, 4.69) is 11.1 Å². The van der Waals surface area contributed by atoms with Crippen LogP contribution in [0.2, 0.25) is 0 Å². The minimum Gasteiger partial charge on any atom is -0.493 e. The Kier molecular flexibility index (Phi) is 6.11. The summed E-state index contributed by atoms with van der Waals surface area (Å²) in [6, 6.07) is 17.9. The maximum Gasteiger partial charge on any atom is 0.236 e. The molecule has 0 aliphatic carbocycles. The number of methoxy groups -OCH3 is 2. The molecule has 10 heteroatoms. The minimum absolute atomic E-state index is 0.0487. The lowest BCUT2D eigenvalue weighted by Gasteiger charge is -2.28. The zero-order chi connectivity index (χ0) is 26.3. The van der Waals surface area contributed by atoms with Crippen molar-refractivity contribution in [3.05, 3.63) is 71.8 Å². The second-order valence-corrected chi connectivity index (χ2v) is 10.8. The van der Waals surface area contributed by atoms with Gasteiger partial charge in [0.05, 0.1) is 19.1 Å². The topological polar surface area (TPSA) is 100 Å². The number of ether oxygens (including phenoxy) is 4. The molecule has 0 fully saturated rings. The molecule has 0 amide bonds. The van der Waals surface area contributed by atoms with Crippen LogP contribution in [0.1, 0.15) is 11.1 Å². The van der Waals surface area contributed by atoms with Crippen LogP contribution in [0, 0.1) is 0 Å². The molecular formula is C28H26N2O7S. The lowest BCUT2D eigenvalue weighted by molar-refractivity contribution is 0.171. The van der Waals surface area contributed by atoms with Crippen LogP contribution in [0.3, 0.4) is 0 Å². The first-order valence-corrected chi connectivity index (χ1v) is 13.7. The van der Waals surface area contributed by atoms with Crippen LogP contribution >= 0.6 is 0 Å². The Morgan fingerprint density at radius 2 is 1.63 bits per heavy atom. The van der Waals surface area contributed by atoms with Gasteiger partial charge < -0.3 is 28.3 Å². The second-order valence-electron chi connectivity index (χ2n) is 8.95. The first-order chi connectivity index (χ1) is 18.5. The molecule has 3 heterocycles. The lowest BCUT2D eigenvalue weighted by Crippen LogP contribution is -2.31. The molecule has 0 bridgehead atoms. The van der Waals surface area contributed by atoms with Crippen molar-refractivity contribution in [1.82, 2.24) is 4.98 Å². The summed E-state index contributed by atoms with van der Waals surface area (Å²) in [6.45, 7) is 1.85. The molecule has 196 valence electrons. The van der Waals surface area contributed by atoms with Crippen molar-refractivity contribution < 1.29 is 31.8 Å².